The van der Waals surface area contributed by atoms with E-state index in [0.717, 1.165) is 19.4 Å². The third kappa shape index (κ3) is 7.12. The maximum absolute atomic E-state index is 12.4. The molecule has 0 spiro atoms. The molecular weight excluding hydrogens is 604 g/mol. The maximum Gasteiger partial charge on any atom is 0.179 e. The molecule has 2 aromatic carbocycles. The van der Waals surface area contributed by atoms with E-state index >= 15 is 0 Å². The number of phenolic OH excluding ortho intramolecular Hbond substituents is 1. The molecule has 2 atom stereocenters. The topological polar surface area (TPSA) is 77.8 Å². The average Bonchev–Trinajstić information content (AvgIpc) is 2.71. The van der Waals surface area contributed by atoms with Crippen LogP contribution in [-0.4, -0.2) is 55.0 Å². The summed E-state index contributed by atoms with van der Waals surface area (Å²) in [5, 5.41) is 19.7. The van der Waals surface area contributed by atoms with Crippen molar-refractivity contribution in [3.8, 4) is 5.75 Å². The first-order valence-electron chi connectivity index (χ1n) is 9.04. The number of sulfone groups is 1. The molecule has 0 unspecified atom stereocenters. The lowest BCUT2D eigenvalue weighted by molar-refractivity contribution is 0.0245. The second-order valence-electron chi connectivity index (χ2n) is 6.92. The highest BCUT2D eigenvalue weighted by atomic mass is 128. The van der Waals surface area contributed by atoms with Crippen molar-refractivity contribution in [2.24, 2.45) is 5.92 Å². The molecule has 0 bridgehead atoms. The second kappa shape index (κ2) is 11.7. The molecule has 1 aliphatic heterocycles. The number of aliphatic hydroxyl groups excluding tert-OH is 1. The van der Waals surface area contributed by atoms with Gasteiger partial charge in [-0.1, -0.05) is 30.3 Å². The van der Waals surface area contributed by atoms with Crippen molar-refractivity contribution in [3.05, 3.63) is 60.2 Å². The quantitative estimate of drug-likeness (QED) is 0.475. The van der Waals surface area contributed by atoms with E-state index in [1.807, 2.05) is 23.1 Å². The summed E-state index contributed by atoms with van der Waals surface area (Å²) in [6.07, 6.45) is 1.26. The van der Waals surface area contributed by atoms with Crippen LogP contribution in [0.4, 0.5) is 0 Å². The molecule has 1 fully saturated rings. The number of aromatic hydroxyl groups is 1. The SMILES string of the molecule is II.O=S(=O)(CCN1CC[C@H](Cc2ccccc2)[C@H](O)C1)c1ccc(O)cc1. The van der Waals surface area contributed by atoms with E-state index in [-0.39, 0.29) is 22.3 Å². The van der Waals surface area contributed by atoms with E-state index in [2.05, 4.69) is 49.4 Å². The minimum atomic E-state index is -3.39. The lowest BCUT2D eigenvalue weighted by Gasteiger charge is -2.36. The molecule has 8 heteroatoms. The Hall–Kier alpha value is -0.430. The Kier molecular flexibility index (Phi) is 9.94. The second-order valence-corrected chi connectivity index (χ2v) is 9.03. The van der Waals surface area contributed by atoms with Gasteiger partial charge >= 0.3 is 0 Å². The van der Waals surface area contributed by atoms with Crippen LogP contribution in [0.2, 0.25) is 0 Å². The maximum atomic E-state index is 12.4. The van der Waals surface area contributed by atoms with Crippen molar-refractivity contribution < 1.29 is 18.6 Å². The Labute approximate surface area is 190 Å². The highest BCUT2D eigenvalue weighted by Crippen LogP contribution is 2.23. The third-order valence-electron chi connectivity index (χ3n) is 5.02. The van der Waals surface area contributed by atoms with E-state index in [1.165, 1.54) is 29.8 Å². The highest BCUT2D eigenvalue weighted by Gasteiger charge is 2.28. The van der Waals surface area contributed by atoms with Gasteiger partial charge in [0.1, 0.15) is 5.75 Å². The van der Waals surface area contributed by atoms with E-state index in [9.17, 15) is 18.6 Å². The summed E-state index contributed by atoms with van der Waals surface area (Å²) in [5.41, 5.74) is 1.22. The number of hydrogen-bond donors (Lipinski definition) is 2. The molecule has 5 nitrogen and oxygen atoms in total. The normalized spacial score (nSPS) is 20.2. The molecule has 3 rings (SSSR count). The Morgan fingerprint density at radius 3 is 2.29 bits per heavy atom. The average molecular weight is 629 g/mol. The van der Waals surface area contributed by atoms with E-state index in [1.54, 1.807) is 0 Å². The van der Waals surface area contributed by atoms with Crippen LogP contribution in [0.5, 0.6) is 5.75 Å². The Morgan fingerprint density at radius 2 is 1.68 bits per heavy atom. The molecule has 28 heavy (non-hydrogen) atoms. The zero-order chi connectivity index (χ0) is 20.6. The van der Waals surface area contributed by atoms with Crippen molar-refractivity contribution >= 4 is 47.1 Å². The van der Waals surface area contributed by atoms with E-state index < -0.39 is 15.9 Å². The number of nitrogens with zero attached hydrogens (tertiary/aromatic N) is 1. The van der Waals surface area contributed by atoms with Gasteiger partial charge in [-0.25, -0.2) is 8.42 Å². The predicted molar refractivity (Wildman–Crippen MR) is 129 cm³/mol. The van der Waals surface area contributed by atoms with Gasteiger partial charge < -0.3 is 10.2 Å². The van der Waals surface area contributed by atoms with Crippen LogP contribution in [0.3, 0.4) is 0 Å². The lowest BCUT2D eigenvalue weighted by atomic mass is 9.88. The molecule has 0 aromatic heterocycles. The van der Waals surface area contributed by atoms with Gasteiger partial charge in [0, 0.05) is 50.3 Å². The molecule has 1 aliphatic rings. The molecule has 0 amide bonds. The number of piperidine rings is 1. The van der Waals surface area contributed by atoms with Gasteiger partial charge in [-0.2, -0.15) is 0 Å². The number of benzene rings is 2. The summed E-state index contributed by atoms with van der Waals surface area (Å²) < 4.78 is 24.8. The number of likely N-dealkylation sites (tertiary alicyclic amines) is 1. The van der Waals surface area contributed by atoms with Crippen LogP contribution >= 0.6 is 37.2 Å². The van der Waals surface area contributed by atoms with Crippen LogP contribution in [0, 0.1) is 5.92 Å². The molecule has 2 aromatic rings. The van der Waals surface area contributed by atoms with Crippen LogP contribution in [0.25, 0.3) is 0 Å². The minimum absolute atomic E-state index is 0.00778. The molecule has 154 valence electrons. The summed E-state index contributed by atoms with van der Waals surface area (Å²) >= 11 is 4.24. The van der Waals surface area contributed by atoms with Crippen LogP contribution in [-0.2, 0) is 16.3 Å². The summed E-state index contributed by atoms with van der Waals surface area (Å²) in [4.78, 5) is 2.24. The van der Waals surface area contributed by atoms with Gasteiger partial charge in [0.2, 0.25) is 0 Å². The van der Waals surface area contributed by atoms with Crippen molar-refractivity contribution in [1.29, 1.82) is 0 Å². The van der Waals surface area contributed by atoms with E-state index in [0.29, 0.717) is 13.1 Å². The Morgan fingerprint density at radius 1 is 1.04 bits per heavy atom. The predicted octanol–water partition coefficient (Wildman–Crippen LogP) is 3.86. The number of rotatable bonds is 6. The molecular formula is C20H25I2NO4S. The summed E-state index contributed by atoms with van der Waals surface area (Å²) in [6.45, 7) is 1.70. The highest BCUT2D eigenvalue weighted by molar-refractivity contribution is 15.0. The summed E-state index contributed by atoms with van der Waals surface area (Å²) in [6, 6.07) is 15.7. The fourth-order valence-corrected chi connectivity index (χ4v) is 4.71. The van der Waals surface area contributed by atoms with Crippen molar-refractivity contribution in [1.82, 2.24) is 4.90 Å². The summed E-state index contributed by atoms with van der Waals surface area (Å²) in [5.74, 6) is 0.267. The van der Waals surface area contributed by atoms with Crippen molar-refractivity contribution in [3.63, 3.8) is 0 Å². The van der Waals surface area contributed by atoms with Crippen molar-refractivity contribution in [2.45, 2.75) is 23.8 Å². The van der Waals surface area contributed by atoms with E-state index in [4.69, 9.17) is 0 Å². The van der Waals surface area contributed by atoms with Gasteiger partial charge in [0.15, 0.2) is 9.84 Å². The number of halogens is 2. The monoisotopic (exact) mass is 629 g/mol. The van der Waals surface area contributed by atoms with Crippen LogP contribution < -0.4 is 0 Å². The first-order valence-corrected chi connectivity index (χ1v) is 17.0. The molecule has 0 radical (unpaired) electrons. The lowest BCUT2D eigenvalue weighted by Crippen LogP contribution is -2.46. The third-order valence-corrected chi connectivity index (χ3v) is 6.73. The zero-order valence-corrected chi connectivity index (χ0v) is 20.5. The number of aliphatic hydroxyl groups is 1. The van der Waals surface area contributed by atoms with Gasteiger partial charge in [0.25, 0.3) is 0 Å². The van der Waals surface area contributed by atoms with Crippen molar-refractivity contribution in [2.75, 3.05) is 25.4 Å². The van der Waals surface area contributed by atoms with Gasteiger partial charge in [0.05, 0.1) is 16.8 Å². The molecule has 1 heterocycles. The number of β-amino-alcohol motifs (C(OH)–C–C–N with tert-alkyl or cyclic N) is 1. The Bertz CT molecular complexity index is 816. The van der Waals surface area contributed by atoms with Crippen LogP contribution in [0.1, 0.15) is 12.0 Å². The largest absolute Gasteiger partial charge is 0.508 e. The standard InChI is InChI=1S/C20H25NO4S.I2/c22-18-6-8-19(9-7-18)26(24,25)13-12-21-11-10-17(20(23)15-21)14-16-4-2-1-3-5-16;1-2/h1-9,17,20,22-23H,10-15H2;/t17-,20-;/m1./s1. The number of hydrogen-bond acceptors (Lipinski definition) is 5. The fraction of sp³-hybridized carbons (Fsp3) is 0.400. The first kappa shape index (κ1) is 23.8. The van der Waals surface area contributed by atoms with Crippen LogP contribution in [0.15, 0.2) is 59.5 Å². The van der Waals surface area contributed by atoms with Gasteiger partial charge in [-0.15, -0.1) is 0 Å². The summed E-state index contributed by atoms with van der Waals surface area (Å²) in [7, 11) is -3.39. The fourth-order valence-electron chi connectivity index (χ4n) is 3.42. The smallest absolute Gasteiger partial charge is 0.179 e. The number of phenols is 1. The minimum Gasteiger partial charge on any atom is -0.508 e. The molecule has 1 saturated heterocycles. The Balaban J connectivity index is 0.00000136. The molecule has 0 aliphatic carbocycles. The molecule has 0 saturated carbocycles. The zero-order valence-electron chi connectivity index (χ0n) is 15.4. The van der Waals surface area contributed by atoms with Gasteiger partial charge in [-0.05, 0) is 55.1 Å². The molecule has 2 N–H and O–H groups in total. The van der Waals surface area contributed by atoms with Gasteiger partial charge in [-0.3, -0.25) is 4.90 Å². The first-order chi connectivity index (χ1) is 13.4.